The molecule has 1 aliphatic rings. The molecule has 0 radical (unpaired) electrons. The summed E-state index contributed by atoms with van der Waals surface area (Å²) in [6.07, 6.45) is 3.39. The van der Waals surface area contributed by atoms with E-state index in [9.17, 15) is 0 Å². The fraction of sp³-hybridized carbons (Fsp3) is 0.938. The topological polar surface area (TPSA) is 36.9 Å². The molecule has 0 aromatic heterocycles. The van der Waals surface area contributed by atoms with Crippen molar-refractivity contribution in [2.75, 3.05) is 33.4 Å². The molecule has 0 aromatic carbocycles. The average Bonchev–Trinajstić information content (AvgIpc) is 2.40. The van der Waals surface area contributed by atoms with Crippen molar-refractivity contribution in [2.45, 2.75) is 59.4 Å². The maximum Gasteiger partial charge on any atom is 0.194 e. The zero-order valence-electron chi connectivity index (χ0n) is 14.7. The van der Waals surface area contributed by atoms with Gasteiger partial charge in [0.05, 0.1) is 0 Å². The van der Waals surface area contributed by atoms with E-state index in [0.29, 0.717) is 5.41 Å². The summed E-state index contributed by atoms with van der Waals surface area (Å²) < 4.78 is 5.57. The summed E-state index contributed by atoms with van der Waals surface area (Å²) in [7, 11) is 1.86. The number of nitrogens with zero attached hydrogens (tertiary/aromatic N) is 2. The van der Waals surface area contributed by atoms with Crippen molar-refractivity contribution in [2.24, 2.45) is 10.4 Å². The molecule has 0 amide bonds. The first-order chi connectivity index (χ1) is 9.36. The lowest BCUT2D eigenvalue weighted by atomic mass is 9.65. The van der Waals surface area contributed by atoms with Gasteiger partial charge in [-0.15, -0.1) is 24.0 Å². The van der Waals surface area contributed by atoms with E-state index in [0.717, 1.165) is 45.1 Å². The van der Waals surface area contributed by atoms with Crippen LogP contribution in [0.4, 0.5) is 0 Å². The van der Waals surface area contributed by atoms with Gasteiger partial charge in [0.2, 0.25) is 0 Å². The Morgan fingerprint density at radius 3 is 2.29 bits per heavy atom. The minimum Gasteiger partial charge on any atom is -0.381 e. The number of guanidine groups is 1. The number of rotatable bonds is 7. The van der Waals surface area contributed by atoms with Crippen molar-refractivity contribution in [3.05, 3.63) is 0 Å². The van der Waals surface area contributed by atoms with Gasteiger partial charge in [0.25, 0.3) is 0 Å². The highest BCUT2D eigenvalue weighted by Gasteiger charge is 2.53. The molecule has 4 nitrogen and oxygen atoms in total. The van der Waals surface area contributed by atoms with Crippen molar-refractivity contribution >= 4 is 29.9 Å². The summed E-state index contributed by atoms with van der Waals surface area (Å²) in [6.45, 7) is 15.1. The standard InChI is InChI=1S/C16H33N3O.HI/c1-7-8-11-20-12-9-10-18-14(17-6)19-13-15(2,3)16(19,4)5;/h7-13H2,1-6H3,(H,17,18);1H. The Hall–Kier alpha value is -0.0400. The third-order valence-electron chi connectivity index (χ3n) is 4.74. The Morgan fingerprint density at radius 2 is 1.81 bits per heavy atom. The van der Waals surface area contributed by atoms with Crippen molar-refractivity contribution in [1.29, 1.82) is 0 Å². The van der Waals surface area contributed by atoms with Gasteiger partial charge < -0.3 is 15.0 Å². The Kier molecular flexibility index (Phi) is 9.16. The summed E-state index contributed by atoms with van der Waals surface area (Å²) in [5.41, 5.74) is 0.500. The summed E-state index contributed by atoms with van der Waals surface area (Å²) in [5.74, 6) is 1.02. The first-order valence-corrected chi connectivity index (χ1v) is 7.93. The third-order valence-corrected chi connectivity index (χ3v) is 4.74. The number of unbranched alkanes of at least 4 members (excludes halogenated alkanes) is 1. The van der Waals surface area contributed by atoms with Gasteiger partial charge in [-0.25, -0.2) is 0 Å². The molecule has 1 N–H and O–H groups in total. The molecule has 1 aliphatic heterocycles. The van der Waals surface area contributed by atoms with E-state index in [1.54, 1.807) is 0 Å². The fourth-order valence-electron chi connectivity index (χ4n) is 2.42. The Balaban J connectivity index is 0.00000400. The smallest absolute Gasteiger partial charge is 0.194 e. The van der Waals surface area contributed by atoms with Crippen molar-refractivity contribution < 1.29 is 4.74 Å². The molecule has 0 unspecified atom stereocenters. The Bertz CT molecular complexity index is 329. The Labute approximate surface area is 148 Å². The average molecular weight is 411 g/mol. The third kappa shape index (κ3) is 5.27. The van der Waals surface area contributed by atoms with Gasteiger partial charge in [-0.3, -0.25) is 4.99 Å². The van der Waals surface area contributed by atoms with Crippen molar-refractivity contribution in [1.82, 2.24) is 10.2 Å². The molecule has 1 fully saturated rings. The predicted molar refractivity (Wildman–Crippen MR) is 102 cm³/mol. The van der Waals surface area contributed by atoms with Crippen molar-refractivity contribution in [3.8, 4) is 0 Å². The lowest BCUT2D eigenvalue weighted by molar-refractivity contribution is -0.0667. The van der Waals surface area contributed by atoms with Crippen LogP contribution in [0.3, 0.4) is 0 Å². The van der Waals surface area contributed by atoms with Crippen LogP contribution in [0.25, 0.3) is 0 Å². The van der Waals surface area contributed by atoms with Crippen LogP contribution >= 0.6 is 24.0 Å². The highest BCUT2D eigenvalue weighted by Crippen LogP contribution is 2.46. The van der Waals surface area contributed by atoms with Crippen LogP contribution in [0, 0.1) is 5.41 Å². The number of ether oxygens (including phenoxy) is 1. The van der Waals surface area contributed by atoms with Gasteiger partial charge >= 0.3 is 0 Å². The van der Waals surface area contributed by atoms with E-state index in [1.165, 1.54) is 6.42 Å². The van der Waals surface area contributed by atoms with E-state index in [-0.39, 0.29) is 29.5 Å². The number of hydrogen-bond donors (Lipinski definition) is 1. The molecule has 1 heterocycles. The molecular formula is C16H34IN3O. The van der Waals surface area contributed by atoms with Crippen LogP contribution in [0.1, 0.15) is 53.9 Å². The number of aliphatic imine (C=N–C) groups is 1. The SMILES string of the molecule is CCCCOCCCNC(=NC)N1CC(C)(C)C1(C)C.I. The highest BCUT2D eigenvalue weighted by molar-refractivity contribution is 14.0. The molecule has 5 heteroatoms. The van der Waals surface area contributed by atoms with E-state index in [1.807, 2.05) is 7.05 Å². The minimum atomic E-state index is 0. The number of hydrogen-bond acceptors (Lipinski definition) is 2. The summed E-state index contributed by atoms with van der Waals surface area (Å²) in [6, 6.07) is 0. The van der Waals surface area contributed by atoms with Crippen LogP contribution in [0.15, 0.2) is 4.99 Å². The predicted octanol–water partition coefficient (Wildman–Crippen LogP) is 3.51. The number of likely N-dealkylation sites (tertiary alicyclic amines) is 1. The maximum absolute atomic E-state index is 5.57. The monoisotopic (exact) mass is 411 g/mol. The maximum atomic E-state index is 5.57. The van der Waals surface area contributed by atoms with Gasteiger partial charge in [0.15, 0.2) is 5.96 Å². The van der Waals surface area contributed by atoms with Crippen LogP contribution in [0.5, 0.6) is 0 Å². The zero-order chi connectivity index (χ0) is 15.2. The Morgan fingerprint density at radius 1 is 1.19 bits per heavy atom. The molecule has 0 aliphatic carbocycles. The summed E-state index contributed by atoms with van der Waals surface area (Å²) in [4.78, 5) is 6.78. The zero-order valence-corrected chi connectivity index (χ0v) is 17.0. The molecular weight excluding hydrogens is 377 g/mol. The largest absolute Gasteiger partial charge is 0.381 e. The lowest BCUT2D eigenvalue weighted by Gasteiger charge is -2.62. The molecule has 1 rings (SSSR count). The van der Waals surface area contributed by atoms with Crippen molar-refractivity contribution in [3.63, 3.8) is 0 Å². The van der Waals surface area contributed by atoms with E-state index < -0.39 is 0 Å². The summed E-state index contributed by atoms with van der Waals surface area (Å²) >= 11 is 0. The molecule has 0 atom stereocenters. The number of halogens is 1. The molecule has 0 spiro atoms. The number of nitrogens with one attached hydrogen (secondary N) is 1. The minimum absolute atomic E-state index is 0. The van der Waals surface area contributed by atoms with Crippen LogP contribution in [-0.4, -0.2) is 49.7 Å². The molecule has 0 aromatic rings. The quantitative estimate of drug-likeness (QED) is 0.302. The van der Waals surface area contributed by atoms with Gasteiger partial charge in [0.1, 0.15) is 0 Å². The second kappa shape index (κ2) is 9.18. The highest BCUT2D eigenvalue weighted by atomic mass is 127. The van der Waals surface area contributed by atoms with Crippen LogP contribution in [-0.2, 0) is 4.74 Å². The molecule has 21 heavy (non-hydrogen) atoms. The van der Waals surface area contributed by atoms with Crippen LogP contribution < -0.4 is 5.32 Å². The second-order valence-corrected chi connectivity index (χ2v) is 6.82. The normalized spacial score (nSPS) is 19.7. The molecule has 1 saturated heterocycles. The lowest BCUT2D eigenvalue weighted by Crippen LogP contribution is -2.72. The molecule has 0 bridgehead atoms. The van der Waals surface area contributed by atoms with Gasteiger partial charge in [-0.05, 0) is 26.7 Å². The van der Waals surface area contributed by atoms with E-state index in [2.05, 4.69) is 49.8 Å². The van der Waals surface area contributed by atoms with E-state index in [4.69, 9.17) is 4.74 Å². The fourth-order valence-corrected chi connectivity index (χ4v) is 2.42. The van der Waals surface area contributed by atoms with Gasteiger partial charge in [-0.1, -0.05) is 27.2 Å². The summed E-state index contributed by atoms with van der Waals surface area (Å²) in [5, 5.41) is 3.45. The molecule has 0 saturated carbocycles. The molecule has 126 valence electrons. The van der Waals surface area contributed by atoms with E-state index >= 15 is 0 Å². The second-order valence-electron chi connectivity index (χ2n) is 6.82. The first kappa shape index (κ1) is 21.0. The van der Waals surface area contributed by atoms with Crippen LogP contribution in [0.2, 0.25) is 0 Å². The van der Waals surface area contributed by atoms with Gasteiger partial charge in [0, 0.05) is 44.3 Å². The van der Waals surface area contributed by atoms with Gasteiger partial charge in [-0.2, -0.15) is 0 Å². The first-order valence-electron chi connectivity index (χ1n) is 7.93.